The van der Waals surface area contributed by atoms with E-state index in [1.165, 1.54) is 13.3 Å². The molecule has 0 saturated carbocycles. The Balaban J connectivity index is 2.37. The van der Waals surface area contributed by atoms with E-state index in [1.807, 2.05) is 6.92 Å². The number of anilines is 3. The van der Waals surface area contributed by atoms with Gasteiger partial charge in [0.15, 0.2) is 5.78 Å². The van der Waals surface area contributed by atoms with Gasteiger partial charge < -0.3 is 10.6 Å². The molecule has 0 spiro atoms. The molecule has 0 saturated heterocycles. The number of Topliss-reactive ketones (excluding diaryl/α,β-unsaturated/α-hetero) is 1. The van der Waals surface area contributed by atoms with Crippen LogP contribution in [0.15, 0.2) is 30.6 Å². The zero-order valence-corrected chi connectivity index (χ0v) is 12.9. The Morgan fingerprint density at radius 2 is 2.04 bits per heavy atom. The molecule has 0 atom stereocenters. The van der Waals surface area contributed by atoms with Crippen molar-refractivity contribution in [2.75, 3.05) is 17.2 Å². The number of rotatable bonds is 7. The Morgan fingerprint density at radius 3 is 2.70 bits per heavy atom. The average molecular weight is 315 g/mol. The van der Waals surface area contributed by atoms with E-state index in [0.717, 1.165) is 6.42 Å². The summed E-state index contributed by atoms with van der Waals surface area (Å²) in [7, 11) is 0. The quantitative estimate of drug-likeness (QED) is 0.458. The fraction of sp³-hybridized carbons (Fsp3) is 0.267. The molecular formula is C15H17N5O3. The number of nitro groups is 1. The Kier molecular flexibility index (Phi) is 5.19. The second-order valence-electron chi connectivity index (χ2n) is 4.87. The molecule has 2 aromatic rings. The molecule has 0 unspecified atom stereocenters. The summed E-state index contributed by atoms with van der Waals surface area (Å²) in [6, 6.07) is 6.70. The van der Waals surface area contributed by atoms with Gasteiger partial charge in [-0.2, -0.15) is 0 Å². The van der Waals surface area contributed by atoms with Crippen LogP contribution in [0.25, 0.3) is 0 Å². The van der Waals surface area contributed by atoms with E-state index in [2.05, 4.69) is 20.6 Å². The summed E-state index contributed by atoms with van der Waals surface area (Å²) >= 11 is 0. The molecule has 8 nitrogen and oxygen atoms in total. The highest BCUT2D eigenvalue weighted by Crippen LogP contribution is 2.31. The fourth-order valence-electron chi connectivity index (χ4n) is 1.97. The topological polar surface area (TPSA) is 110 Å². The average Bonchev–Trinajstić information content (AvgIpc) is 2.53. The first kappa shape index (κ1) is 16.3. The van der Waals surface area contributed by atoms with E-state index in [-0.39, 0.29) is 23.1 Å². The van der Waals surface area contributed by atoms with Crippen molar-refractivity contribution in [2.24, 2.45) is 0 Å². The number of nitrogens with zero attached hydrogens (tertiary/aromatic N) is 3. The van der Waals surface area contributed by atoms with Crippen molar-refractivity contribution in [3.05, 3.63) is 46.3 Å². The lowest BCUT2D eigenvalue weighted by molar-refractivity contribution is -0.383. The molecule has 0 bridgehead atoms. The first-order valence-corrected chi connectivity index (χ1v) is 7.14. The minimum absolute atomic E-state index is 0.0734. The van der Waals surface area contributed by atoms with Crippen LogP contribution >= 0.6 is 0 Å². The number of carbonyl (C=O) groups excluding carboxylic acids is 1. The van der Waals surface area contributed by atoms with Crippen molar-refractivity contribution < 1.29 is 9.72 Å². The van der Waals surface area contributed by atoms with E-state index in [1.54, 1.807) is 24.3 Å². The van der Waals surface area contributed by atoms with Crippen molar-refractivity contribution in [1.82, 2.24) is 9.97 Å². The molecule has 0 fully saturated rings. The maximum Gasteiger partial charge on any atom is 0.353 e. The molecule has 2 N–H and O–H groups in total. The summed E-state index contributed by atoms with van der Waals surface area (Å²) in [5, 5.41) is 17.2. The third-order valence-corrected chi connectivity index (χ3v) is 3.08. The lowest BCUT2D eigenvalue weighted by Gasteiger charge is -2.10. The minimum atomic E-state index is -0.533. The molecule has 8 heteroatoms. The Morgan fingerprint density at radius 1 is 1.30 bits per heavy atom. The van der Waals surface area contributed by atoms with Gasteiger partial charge in [-0.1, -0.05) is 19.1 Å². The first-order valence-electron chi connectivity index (χ1n) is 7.14. The maximum atomic E-state index is 11.4. The number of ketones is 1. The van der Waals surface area contributed by atoms with Crippen LogP contribution in [0.2, 0.25) is 0 Å². The first-order chi connectivity index (χ1) is 11.0. The summed E-state index contributed by atoms with van der Waals surface area (Å²) in [5.41, 5.74) is 0.825. The van der Waals surface area contributed by atoms with Gasteiger partial charge in [0.25, 0.3) is 0 Å². The summed E-state index contributed by atoms with van der Waals surface area (Å²) in [6.45, 7) is 3.97. The highest BCUT2D eigenvalue weighted by Gasteiger charge is 2.22. The summed E-state index contributed by atoms with van der Waals surface area (Å²) < 4.78 is 0. The minimum Gasteiger partial charge on any atom is -0.364 e. The van der Waals surface area contributed by atoms with Crippen LogP contribution in [-0.4, -0.2) is 27.2 Å². The monoisotopic (exact) mass is 315 g/mol. The Bertz CT molecular complexity index is 733. The van der Waals surface area contributed by atoms with Crippen molar-refractivity contribution in [2.45, 2.75) is 20.3 Å². The fourth-order valence-corrected chi connectivity index (χ4v) is 1.97. The maximum absolute atomic E-state index is 11.4. The molecule has 2 rings (SSSR count). The van der Waals surface area contributed by atoms with E-state index < -0.39 is 4.92 Å². The zero-order valence-electron chi connectivity index (χ0n) is 12.9. The van der Waals surface area contributed by atoms with Crippen LogP contribution in [0.3, 0.4) is 0 Å². The smallest absolute Gasteiger partial charge is 0.353 e. The van der Waals surface area contributed by atoms with Gasteiger partial charge in [0.1, 0.15) is 6.33 Å². The standard InChI is InChI=1S/C15H17N5O3/c1-3-7-16-14-13(20(22)23)15(18-9-17-14)19-12-6-4-5-11(8-12)10(2)21/h4-6,8-9H,3,7H2,1-2H3,(H2,16,17,18,19). The molecule has 0 aliphatic heterocycles. The highest BCUT2D eigenvalue weighted by atomic mass is 16.6. The van der Waals surface area contributed by atoms with Crippen LogP contribution in [0, 0.1) is 10.1 Å². The van der Waals surface area contributed by atoms with Gasteiger partial charge in [-0.15, -0.1) is 0 Å². The van der Waals surface area contributed by atoms with Crippen molar-refractivity contribution in [3.8, 4) is 0 Å². The van der Waals surface area contributed by atoms with Gasteiger partial charge in [0.2, 0.25) is 11.6 Å². The third-order valence-electron chi connectivity index (χ3n) is 3.08. The second-order valence-corrected chi connectivity index (χ2v) is 4.87. The van der Waals surface area contributed by atoms with Crippen LogP contribution < -0.4 is 10.6 Å². The molecule has 120 valence electrons. The number of aromatic nitrogens is 2. The number of benzene rings is 1. The van der Waals surface area contributed by atoms with E-state index in [4.69, 9.17) is 0 Å². The number of nitrogens with one attached hydrogen (secondary N) is 2. The Hall–Kier alpha value is -3.03. The van der Waals surface area contributed by atoms with Gasteiger partial charge in [-0.3, -0.25) is 14.9 Å². The molecular weight excluding hydrogens is 298 g/mol. The predicted octanol–water partition coefficient (Wildman–Crippen LogP) is 3.15. The van der Waals surface area contributed by atoms with Gasteiger partial charge in [0, 0.05) is 17.8 Å². The molecule has 0 aliphatic rings. The van der Waals surface area contributed by atoms with Gasteiger partial charge in [-0.05, 0) is 25.5 Å². The van der Waals surface area contributed by atoms with E-state index >= 15 is 0 Å². The van der Waals surface area contributed by atoms with E-state index in [9.17, 15) is 14.9 Å². The lowest BCUT2D eigenvalue weighted by Crippen LogP contribution is -2.08. The normalized spacial score (nSPS) is 10.2. The SMILES string of the molecule is CCCNc1ncnc(Nc2cccc(C(C)=O)c2)c1[N+](=O)[O-]. The van der Waals surface area contributed by atoms with Crippen LogP contribution in [-0.2, 0) is 0 Å². The molecule has 23 heavy (non-hydrogen) atoms. The second kappa shape index (κ2) is 7.30. The third kappa shape index (κ3) is 4.00. The van der Waals surface area contributed by atoms with Crippen molar-refractivity contribution in [1.29, 1.82) is 0 Å². The summed E-state index contributed by atoms with van der Waals surface area (Å²) in [6.07, 6.45) is 2.06. The molecule has 1 heterocycles. The van der Waals surface area contributed by atoms with Crippen LogP contribution in [0.5, 0.6) is 0 Å². The lowest BCUT2D eigenvalue weighted by atomic mass is 10.1. The van der Waals surface area contributed by atoms with E-state index in [0.29, 0.717) is 17.8 Å². The molecule has 0 aliphatic carbocycles. The summed E-state index contributed by atoms with van der Waals surface area (Å²) in [4.78, 5) is 30.1. The number of hydrogen-bond donors (Lipinski definition) is 2. The Labute approximate surface area is 133 Å². The zero-order chi connectivity index (χ0) is 16.8. The predicted molar refractivity (Wildman–Crippen MR) is 87.2 cm³/mol. The van der Waals surface area contributed by atoms with Crippen LogP contribution in [0.4, 0.5) is 23.0 Å². The molecule has 0 radical (unpaired) electrons. The number of carbonyl (C=O) groups is 1. The van der Waals surface area contributed by atoms with Crippen molar-refractivity contribution >= 4 is 28.8 Å². The van der Waals surface area contributed by atoms with Crippen LogP contribution in [0.1, 0.15) is 30.6 Å². The van der Waals surface area contributed by atoms with Crippen molar-refractivity contribution in [3.63, 3.8) is 0 Å². The summed E-state index contributed by atoms with van der Waals surface area (Å²) in [5.74, 6) is 0.150. The highest BCUT2D eigenvalue weighted by molar-refractivity contribution is 5.95. The van der Waals surface area contributed by atoms with Gasteiger partial charge >= 0.3 is 5.69 Å². The number of hydrogen-bond acceptors (Lipinski definition) is 7. The molecule has 1 aromatic carbocycles. The van der Waals surface area contributed by atoms with Gasteiger partial charge in [-0.25, -0.2) is 9.97 Å². The van der Waals surface area contributed by atoms with Gasteiger partial charge in [0.05, 0.1) is 4.92 Å². The molecule has 1 aromatic heterocycles. The largest absolute Gasteiger partial charge is 0.364 e. The molecule has 0 amide bonds.